The van der Waals surface area contributed by atoms with Crippen molar-refractivity contribution < 1.29 is 9.47 Å². The molecule has 0 fully saturated rings. The topological polar surface area (TPSA) is 44.5 Å². The van der Waals surface area contributed by atoms with E-state index < -0.39 is 0 Å². The molecular weight excluding hydrogens is 286 g/mol. The second kappa shape index (κ2) is 8.55. The number of rotatable bonds is 6. The Hall–Kier alpha value is -1.71. The van der Waals surface area contributed by atoms with Crippen LogP contribution in [0.5, 0.6) is 11.5 Å². The predicted molar refractivity (Wildman–Crippen MR) is 88.2 cm³/mol. The molecule has 1 atom stereocenters. The van der Waals surface area contributed by atoms with Crippen molar-refractivity contribution in [2.45, 2.75) is 26.0 Å². The summed E-state index contributed by atoms with van der Waals surface area (Å²) in [6.07, 6.45) is 0.896. The average Bonchev–Trinajstić information content (AvgIpc) is 2.53. The van der Waals surface area contributed by atoms with Gasteiger partial charge in [-0.15, -0.1) is 12.4 Å². The summed E-state index contributed by atoms with van der Waals surface area (Å²) in [5, 5.41) is 0. The van der Waals surface area contributed by atoms with Crippen molar-refractivity contribution in [1.82, 2.24) is 0 Å². The van der Waals surface area contributed by atoms with Crippen LogP contribution < -0.4 is 15.2 Å². The smallest absolute Gasteiger partial charge is 0.161 e. The molecule has 0 aliphatic carbocycles. The quantitative estimate of drug-likeness (QED) is 0.873. The highest BCUT2D eigenvalue weighted by Gasteiger charge is 2.09. The van der Waals surface area contributed by atoms with Gasteiger partial charge >= 0.3 is 0 Å². The number of nitrogens with two attached hydrogens (primary N) is 1. The molecule has 0 spiro atoms. The van der Waals surface area contributed by atoms with E-state index >= 15 is 0 Å². The van der Waals surface area contributed by atoms with E-state index in [4.69, 9.17) is 15.2 Å². The highest BCUT2D eigenvalue weighted by molar-refractivity contribution is 5.85. The molecule has 0 unspecified atom stereocenters. The van der Waals surface area contributed by atoms with Gasteiger partial charge in [-0.1, -0.05) is 43.3 Å². The van der Waals surface area contributed by atoms with E-state index in [1.807, 2.05) is 48.5 Å². The van der Waals surface area contributed by atoms with Crippen LogP contribution in [0.4, 0.5) is 0 Å². The monoisotopic (exact) mass is 307 g/mol. The Bertz CT molecular complexity index is 546. The van der Waals surface area contributed by atoms with Gasteiger partial charge in [0, 0.05) is 6.04 Å². The van der Waals surface area contributed by atoms with E-state index in [9.17, 15) is 0 Å². The first-order chi connectivity index (χ1) is 9.74. The number of hydrogen-bond donors (Lipinski definition) is 1. The highest BCUT2D eigenvalue weighted by Crippen LogP contribution is 2.31. The summed E-state index contributed by atoms with van der Waals surface area (Å²) < 4.78 is 11.2. The molecule has 0 saturated heterocycles. The molecule has 114 valence electrons. The normalized spacial score (nSPS) is 11.4. The van der Waals surface area contributed by atoms with E-state index in [1.54, 1.807) is 7.11 Å². The Morgan fingerprint density at radius 3 is 2.38 bits per heavy atom. The molecule has 0 bridgehead atoms. The molecule has 0 aromatic heterocycles. The van der Waals surface area contributed by atoms with E-state index in [0.29, 0.717) is 6.61 Å². The first-order valence-electron chi connectivity index (χ1n) is 6.84. The molecule has 0 saturated carbocycles. The predicted octanol–water partition coefficient (Wildman–Crippen LogP) is 4.11. The lowest BCUT2D eigenvalue weighted by Gasteiger charge is -2.15. The van der Waals surface area contributed by atoms with Gasteiger partial charge in [0.25, 0.3) is 0 Å². The van der Waals surface area contributed by atoms with Crippen molar-refractivity contribution in [2.75, 3.05) is 7.11 Å². The SMILES string of the molecule is CC[C@H](N)c1ccc(OCc2ccccc2)c(OC)c1.Cl. The van der Waals surface area contributed by atoms with Crippen LogP contribution in [-0.2, 0) is 6.61 Å². The highest BCUT2D eigenvalue weighted by atomic mass is 35.5. The van der Waals surface area contributed by atoms with Gasteiger partial charge in [0.1, 0.15) is 6.61 Å². The minimum absolute atomic E-state index is 0. The fourth-order valence-electron chi connectivity index (χ4n) is 2.01. The Morgan fingerprint density at radius 1 is 1.05 bits per heavy atom. The van der Waals surface area contributed by atoms with Gasteiger partial charge in [-0.2, -0.15) is 0 Å². The maximum atomic E-state index is 6.04. The Labute approximate surface area is 132 Å². The lowest BCUT2D eigenvalue weighted by atomic mass is 10.1. The largest absolute Gasteiger partial charge is 0.493 e. The van der Waals surface area contributed by atoms with Crippen molar-refractivity contribution in [1.29, 1.82) is 0 Å². The first kappa shape index (κ1) is 17.3. The van der Waals surface area contributed by atoms with Gasteiger partial charge in [0.15, 0.2) is 11.5 Å². The fraction of sp³-hybridized carbons (Fsp3) is 0.294. The lowest BCUT2D eigenvalue weighted by Crippen LogP contribution is -2.09. The van der Waals surface area contributed by atoms with Crippen LogP contribution in [-0.4, -0.2) is 7.11 Å². The average molecular weight is 308 g/mol. The second-order valence-corrected chi connectivity index (χ2v) is 4.70. The van der Waals surface area contributed by atoms with E-state index in [1.165, 1.54) is 0 Å². The van der Waals surface area contributed by atoms with Gasteiger partial charge in [-0.25, -0.2) is 0 Å². The van der Waals surface area contributed by atoms with Gasteiger partial charge < -0.3 is 15.2 Å². The third-order valence-corrected chi connectivity index (χ3v) is 3.29. The van der Waals surface area contributed by atoms with Crippen LogP contribution in [0, 0.1) is 0 Å². The zero-order chi connectivity index (χ0) is 14.4. The van der Waals surface area contributed by atoms with Crippen molar-refractivity contribution >= 4 is 12.4 Å². The third-order valence-electron chi connectivity index (χ3n) is 3.29. The van der Waals surface area contributed by atoms with Crippen molar-refractivity contribution in [2.24, 2.45) is 5.73 Å². The molecule has 21 heavy (non-hydrogen) atoms. The summed E-state index contributed by atoms with van der Waals surface area (Å²) in [5.74, 6) is 1.46. The summed E-state index contributed by atoms with van der Waals surface area (Å²) >= 11 is 0. The lowest BCUT2D eigenvalue weighted by molar-refractivity contribution is 0.284. The van der Waals surface area contributed by atoms with Crippen LogP contribution in [0.3, 0.4) is 0 Å². The van der Waals surface area contributed by atoms with Crippen LogP contribution in [0.25, 0.3) is 0 Å². The van der Waals surface area contributed by atoms with Crippen molar-refractivity contribution in [3.05, 3.63) is 59.7 Å². The van der Waals surface area contributed by atoms with Gasteiger partial charge in [-0.05, 0) is 29.7 Å². The van der Waals surface area contributed by atoms with E-state index in [2.05, 4.69) is 6.92 Å². The number of benzene rings is 2. The van der Waals surface area contributed by atoms with E-state index in [0.717, 1.165) is 29.0 Å². The standard InChI is InChI=1S/C17H21NO2.ClH/c1-3-15(18)14-9-10-16(17(11-14)19-2)20-12-13-7-5-4-6-8-13;/h4-11,15H,3,12,18H2,1-2H3;1H/t15-;/m0./s1. The molecule has 2 aromatic rings. The molecule has 0 heterocycles. The number of hydrogen-bond acceptors (Lipinski definition) is 3. The van der Waals surface area contributed by atoms with Gasteiger partial charge in [0.2, 0.25) is 0 Å². The molecule has 2 aromatic carbocycles. The van der Waals surface area contributed by atoms with Crippen LogP contribution in [0.2, 0.25) is 0 Å². The van der Waals surface area contributed by atoms with Crippen LogP contribution in [0.15, 0.2) is 48.5 Å². The first-order valence-corrected chi connectivity index (χ1v) is 6.84. The van der Waals surface area contributed by atoms with Gasteiger partial charge in [0.05, 0.1) is 7.11 Å². The molecule has 2 N–H and O–H groups in total. The molecule has 2 rings (SSSR count). The summed E-state index contributed by atoms with van der Waals surface area (Å²) in [4.78, 5) is 0. The summed E-state index contributed by atoms with van der Waals surface area (Å²) in [7, 11) is 1.64. The molecule has 0 aliphatic rings. The maximum absolute atomic E-state index is 6.04. The van der Waals surface area contributed by atoms with E-state index in [-0.39, 0.29) is 18.4 Å². The van der Waals surface area contributed by atoms with Crippen molar-refractivity contribution in [3.63, 3.8) is 0 Å². The molecule has 0 aliphatic heterocycles. The fourth-order valence-corrected chi connectivity index (χ4v) is 2.01. The minimum atomic E-state index is 0. The summed E-state index contributed by atoms with van der Waals surface area (Å²) in [5.41, 5.74) is 8.23. The molecule has 4 heteroatoms. The molecule has 0 radical (unpaired) electrons. The minimum Gasteiger partial charge on any atom is -0.493 e. The Morgan fingerprint density at radius 2 is 1.76 bits per heavy atom. The summed E-state index contributed by atoms with van der Waals surface area (Å²) in [6, 6.07) is 16.0. The van der Waals surface area contributed by atoms with Crippen LogP contribution >= 0.6 is 12.4 Å². The number of ether oxygens (including phenoxy) is 2. The second-order valence-electron chi connectivity index (χ2n) is 4.70. The summed E-state index contributed by atoms with van der Waals surface area (Å²) in [6.45, 7) is 2.59. The van der Waals surface area contributed by atoms with Crippen LogP contribution in [0.1, 0.15) is 30.5 Å². The maximum Gasteiger partial charge on any atom is 0.161 e. The molecular formula is C17H22ClNO2. The molecule has 0 amide bonds. The number of methoxy groups -OCH3 is 1. The number of halogens is 1. The zero-order valence-electron chi connectivity index (χ0n) is 12.4. The zero-order valence-corrected chi connectivity index (χ0v) is 13.2. The van der Waals surface area contributed by atoms with Crippen molar-refractivity contribution in [3.8, 4) is 11.5 Å². The Balaban J connectivity index is 0.00000220. The van der Waals surface area contributed by atoms with Gasteiger partial charge in [-0.3, -0.25) is 0 Å². The molecule has 3 nitrogen and oxygen atoms in total. The Kier molecular flexibility index (Phi) is 7.06. The third kappa shape index (κ3) is 4.66.